The Balaban J connectivity index is 1.75. The summed E-state index contributed by atoms with van der Waals surface area (Å²) in [7, 11) is 0. The van der Waals surface area contributed by atoms with Crippen molar-refractivity contribution in [1.29, 1.82) is 5.26 Å². The van der Waals surface area contributed by atoms with Crippen molar-refractivity contribution in [1.82, 2.24) is 14.9 Å². The van der Waals surface area contributed by atoms with E-state index >= 15 is 0 Å². The van der Waals surface area contributed by atoms with Crippen LogP contribution in [0.1, 0.15) is 21.7 Å². The summed E-state index contributed by atoms with van der Waals surface area (Å²) < 4.78 is 7.47. The van der Waals surface area contributed by atoms with Gasteiger partial charge in [0.25, 0.3) is 0 Å². The maximum absolute atomic E-state index is 11.5. The molecule has 134 valence electrons. The normalized spacial score (nSPS) is 10.8. The number of nitriles is 1. The molecule has 0 aliphatic rings. The van der Waals surface area contributed by atoms with Gasteiger partial charge in [-0.25, -0.2) is 4.79 Å². The van der Waals surface area contributed by atoms with Crippen LogP contribution in [0, 0.1) is 11.3 Å². The molecule has 4 aromatic rings. The van der Waals surface area contributed by atoms with Crippen molar-refractivity contribution in [3.63, 3.8) is 0 Å². The highest BCUT2D eigenvalue weighted by molar-refractivity contribution is 7.19. The molecule has 0 amide bonds. The third-order valence-corrected chi connectivity index (χ3v) is 5.83. The second kappa shape index (κ2) is 7.00. The lowest BCUT2D eigenvalue weighted by Crippen LogP contribution is -2.05. The van der Waals surface area contributed by atoms with Gasteiger partial charge in [0.1, 0.15) is 17.3 Å². The van der Waals surface area contributed by atoms with E-state index in [1.54, 1.807) is 12.1 Å². The molecule has 0 unspecified atom stereocenters. The van der Waals surface area contributed by atoms with Crippen LogP contribution in [0.2, 0.25) is 4.34 Å². The number of carbonyl (C=O) groups is 1. The van der Waals surface area contributed by atoms with Crippen molar-refractivity contribution in [3.8, 4) is 27.3 Å². The van der Waals surface area contributed by atoms with Crippen molar-refractivity contribution in [2.75, 3.05) is 0 Å². The topological polar surface area (TPSA) is 105 Å². The summed E-state index contributed by atoms with van der Waals surface area (Å²) in [5, 5.41) is 28.9. The molecule has 4 heterocycles. The highest BCUT2D eigenvalue weighted by Gasteiger charge is 2.25. The number of aromatic nitrogens is 3. The van der Waals surface area contributed by atoms with Gasteiger partial charge in [-0.1, -0.05) is 22.8 Å². The zero-order valence-electron chi connectivity index (χ0n) is 13.4. The number of halogens is 1. The number of hydrogen-bond acceptors (Lipinski definition) is 7. The summed E-state index contributed by atoms with van der Waals surface area (Å²) in [6.07, 6.45) is 0. The second-order valence-electron chi connectivity index (χ2n) is 5.41. The van der Waals surface area contributed by atoms with Crippen LogP contribution in [0.15, 0.2) is 40.2 Å². The summed E-state index contributed by atoms with van der Waals surface area (Å²) >= 11 is 8.71. The lowest BCUT2D eigenvalue weighted by Gasteiger charge is -2.03. The molecular formula is C17H9ClN4O3S2. The minimum Gasteiger partial charge on any atom is -0.476 e. The van der Waals surface area contributed by atoms with Crippen LogP contribution >= 0.6 is 34.3 Å². The van der Waals surface area contributed by atoms with E-state index in [0.717, 1.165) is 9.75 Å². The highest BCUT2D eigenvalue weighted by Crippen LogP contribution is 2.33. The SMILES string of the molecule is N#Cc1c(C(=O)O)nn(Cc2cc(-c3ccc(Cl)s3)on2)c1-c1cccs1. The van der Waals surface area contributed by atoms with Gasteiger partial charge in [-0.05, 0) is 23.6 Å². The van der Waals surface area contributed by atoms with Crippen molar-refractivity contribution >= 4 is 40.2 Å². The molecule has 1 N–H and O–H groups in total. The molecule has 4 rings (SSSR count). The fourth-order valence-corrected chi connectivity index (χ4v) is 4.37. The molecule has 0 saturated heterocycles. The number of nitrogens with zero attached hydrogens (tertiary/aromatic N) is 4. The molecule has 0 fully saturated rings. The molecule has 27 heavy (non-hydrogen) atoms. The summed E-state index contributed by atoms with van der Waals surface area (Å²) in [5.41, 5.74) is 0.748. The minimum atomic E-state index is -1.25. The second-order valence-corrected chi connectivity index (χ2v) is 8.07. The molecular weight excluding hydrogens is 408 g/mol. The third kappa shape index (κ3) is 3.26. The molecule has 0 atom stereocenters. The predicted molar refractivity (Wildman–Crippen MR) is 101 cm³/mol. The van der Waals surface area contributed by atoms with E-state index in [0.29, 0.717) is 21.5 Å². The standard InChI is InChI=1S/C17H9ClN4O3S2/c18-14-4-3-12(27-14)11-6-9(21-25-11)8-22-16(13-2-1-5-26-13)10(7-19)15(20-22)17(23)24/h1-6H,8H2,(H,23,24). The molecule has 0 spiro atoms. The monoisotopic (exact) mass is 416 g/mol. The summed E-state index contributed by atoms with van der Waals surface area (Å²) in [5.74, 6) is -0.692. The number of rotatable bonds is 5. The number of carboxylic acid groups (broad SMARTS) is 1. The maximum Gasteiger partial charge on any atom is 0.357 e. The number of thiophene rings is 2. The molecule has 0 aliphatic heterocycles. The van der Waals surface area contributed by atoms with Crippen molar-refractivity contribution in [2.24, 2.45) is 0 Å². The third-order valence-electron chi connectivity index (χ3n) is 3.71. The summed E-state index contributed by atoms with van der Waals surface area (Å²) in [6.45, 7) is 0.164. The van der Waals surface area contributed by atoms with Gasteiger partial charge in [0, 0.05) is 6.07 Å². The fraction of sp³-hybridized carbons (Fsp3) is 0.0588. The zero-order chi connectivity index (χ0) is 19.0. The van der Waals surface area contributed by atoms with Crippen LogP contribution < -0.4 is 0 Å². The van der Waals surface area contributed by atoms with Crippen LogP contribution in [0.3, 0.4) is 0 Å². The van der Waals surface area contributed by atoms with E-state index in [9.17, 15) is 15.2 Å². The van der Waals surface area contributed by atoms with Crippen molar-refractivity contribution in [2.45, 2.75) is 6.54 Å². The molecule has 0 aliphatic carbocycles. The molecule has 0 radical (unpaired) electrons. The summed E-state index contributed by atoms with van der Waals surface area (Å²) in [4.78, 5) is 13.1. The van der Waals surface area contributed by atoms with E-state index in [1.165, 1.54) is 27.4 Å². The fourth-order valence-electron chi connectivity index (χ4n) is 2.60. The first kappa shape index (κ1) is 17.5. The van der Waals surface area contributed by atoms with Crippen LogP contribution in [-0.4, -0.2) is 26.0 Å². The lowest BCUT2D eigenvalue weighted by molar-refractivity contribution is 0.0689. The first-order valence-corrected chi connectivity index (χ1v) is 9.63. The largest absolute Gasteiger partial charge is 0.476 e. The molecule has 7 nitrogen and oxygen atoms in total. The van der Waals surface area contributed by atoms with Crippen molar-refractivity contribution < 1.29 is 14.4 Å². The number of carboxylic acids is 1. The van der Waals surface area contributed by atoms with Gasteiger partial charge in [0.05, 0.1) is 26.3 Å². The van der Waals surface area contributed by atoms with Gasteiger partial charge in [0.2, 0.25) is 0 Å². The van der Waals surface area contributed by atoms with E-state index in [-0.39, 0.29) is 17.8 Å². The van der Waals surface area contributed by atoms with Gasteiger partial charge in [-0.3, -0.25) is 4.68 Å². The minimum absolute atomic E-state index is 0.0266. The Bertz CT molecular complexity index is 1170. The van der Waals surface area contributed by atoms with Gasteiger partial charge in [-0.15, -0.1) is 22.7 Å². The van der Waals surface area contributed by atoms with Gasteiger partial charge in [0.15, 0.2) is 11.5 Å². The molecule has 0 bridgehead atoms. The number of hydrogen-bond donors (Lipinski definition) is 1. The molecule has 10 heteroatoms. The first-order chi connectivity index (χ1) is 13.1. The summed E-state index contributed by atoms with van der Waals surface area (Å²) in [6, 6.07) is 10.9. The predicted octanol–water partition coefficient (Wildman–Crippen LogP) is 4.60. The van der Waals surface area contributed by atoms with Crippen molar-refractivity contribution in [3.05, 3.63) is 57.0 Å². The lowest BCUT2D eigenvalue weighted by atomic mass is 10.1. The van der Waals surface area contributed by atoms with E-state index in [4.69, 9.17) is 16.1 Å². The first-order valence-electron chi connectivity index (χ1n) is 7.56. The Morgan fingerprint density at radius 1 is 1.37 bits per heavy atom. The molecule has 4 aromatic heterocycles. The van der Waals surface area contributed by atoms with Crippen LogP contribution in [-0.2, 0) is 6.54 Å². The average Bonchev–Trinajstić information content (AvgIpc) is 3.41. The van der Waals surface area contributed by atoms with Gasteiger partial charge < -0.3 is 9.63 Å². The van der Waals surface area contributed by atoms with Crippen LogP contribution in [0.5, 0.6) is 0 Å². The highest BCUT2D eigenvalue weighted by atomic mass is 35.5. The average molecular weight is 417 g/mol. The van der Waals surface area contributed by atoms with Crippen LogP contribution in [0.4, 0.5) is 0 Å². The Hall–Kier alpha value is -2.93. The van der Waals surface area contributed by atoms with Gasteiger partial charge >= 0.3 is 5.97 Å². The quantitative estimate of drug-likeness (QED) is 0.509. The van der Waals surface area contributed by atoms with E-state index in [1.807, 2.05) is 29.6 Å². The number of aromatic carboxylic acids is 1. The Morgan fingerprint density at radius 3 is 2.85 bits per heavy atom. The van der Waals surface area contributed by atoms with E-state index in [2.05, 4.69) is 10.3 Å². The molecule has 0 aromatic carbocycles. The Morgan fingerprint density at radius 2 is 2.22 bits per heavy atom. The van der Waals surface area contributed by atoms with Gasteiger partial charge in [-0.2, -0.15) is 10.4 Å². The van der Waals surface area contributed by atoms with Crippen LogP contribution in [0.25, 0.3) is 21.2 Å². The molecule has 0 saturated carbocycles. The van der Waals surface area contributed by atoms with E-state index < -0.39 is 5.97 Å². The maximum atomic E-state index is 11.5. The Labute approximate surface area is 165 Å². The Kier molecular flexibility index (Phi) is 4.53. The smallest absolute Gasteiger partial charge is 0.357 e. The zero-order valence-corrected chi connectivity index (χ0v) is 15.8.